The Morgan fingerprint density at radius 3 is 3.14 bits per heavy atom. The van der Waals surface area contributed by atoms with Crippen molar-refractivity contribution in [1.82, 2.24) is 5.32 Å². The van der Waals surface area contributed by atoms with E-state index in [4.69, 9.17) is 5.73 Å². The monoisotopic (exact) mass is 228 g/mol. The number of amides is 1. The highest BCUT2D eigenvalue weighted by atomic mass is 32.2. The maximum absolute atomic E-state index is 11.3. The molecule has 14 heavy (non-hydrogen) atoms. The van der Waals surface area contributed by atoms with Crippen LogP contribution in [-0.4, -0.2) is 24.2 Å². The van der Waals surface area contributed by atoms with Crippen LogP contribution in [0.3, 0.4) is 0 Å². The van der Waals surface area contributed by atoms with Crippen LogP contribution in [0.2, 0.25) is 0 Å². The summed E-state index contributed by atoms with van der Waals surface area (Å²) in [5, 5.41) is 5.28. The van der Waals surface area contributed by atoms with Gasteiger partial charge in [0, 0.05) is 17.2 Å². The molecular weight excluding hydrogens is 216 g/mol. The third-order valence-corrected chi connectivity index (χ3v) is 4.65. The average molecular weight is 228 g/mol. The minimum atomic E-state index is -0.357. The molecule has 2 heterocycles. The van der Waals surface area contributed by atoms with Crippen LogP contribution in [0.4, 0.5) is 0 Å². The highest BCUT2D eigenvalue weighted by Gasteiger charge is 2.23. The second-order valence-electron chi connectivity index (χ2n) is 3.19. The molecule has 1 amide bonds. The van der Waals surface area contributed by atoms with Crippen LogP contribution in [0.5, 0.6) is 0 Å². The van der Waals surface area contributed by atoms with Gasteiger partial charge in [-0.05, 0) is 11.4 Å². The Hall–Kier alpha value is -0.520. The zero-order chi connectivity index (χ0) is 9.97. The van der Waals surface area contributed by atoms with Gasteiger partial charge in [0.15, 0.2) is 0 Å². The van der Waals surface area contributed by atoms with Gasteiger partial charge in [-0.25, -0.2) is 0 Å². The molecule has 1 aromatic heterocycles. The predicted octanol–water partition coefficient (Wildman–Crippen LogP) is 0.979. The van der Waals surface area contributed by atoms with Crippen LogP contribution in [0.1, 0.15) is 10.1 Å². The lowest BCUT2D eigenvalue weighted by Crippen LogP contribution is -2.40. The Labute approximate surface area is 91.1 Å². The van der Waals surface area contributed by atoms with E-state index in [0.29, 0.717) is 17.5 Å². The van der Waals surface area contributed by atoms with Crippen molar-refractivity contribution in [2.24, 2.45) is 5.73 Å². The van der Waals surface area contributed by atoms with Gasteiger partial charge in [-0.15, -0.1) is 23.1 Å². The molecule has 2 atom stereocenters. The summed E-state index contributed by atoms with van der Waals surface area (Å²) < 4.78 is 0. The molecule has 3 nitrogen and oxygen atoms in total. The summed E-state index contributed by atoms with van der Waals surface area (Å²) in [6.07, 6.45) is 0. The van der Waals surface area contributed by atoms with Crippen molar-refractivity contribution < 1.29 is 4.79 Å². The molecule has 0 saturated carbocycles. The highest BCUT2D eigenvalue weighted by molar-refractivity contribution is 7.99. The van der Waals surface area contributed by atoms with E-state index >= 15 is 0 Å². The summed E-state index contributed by atoms with van der Waals surface area (Å²) in [4.78, 5) is 12.6. The summed E-state index contributed by atoms with van der Waals surface area (Å²) in [5.41, 5.74) is 5.66. The molecule has 1 aliphatic rings. The number of hydrogen-bond acceptors (Lipinski definition) is 4. The minimum absolute atomic E-state index is 0.0310. The maximum atomic E-state index is 11.3. The molecule has 0 aliphatic carbocycles. The van der Waals surface area contributed by atoms with Crippen molar-refractivity contribution in [3.05, 3.63) is 22.4 Å². The SMILES string of the molecule is N[C@@H]1CS[C@H](c2cccs2)CNC1=O. The summed E-state index contributed by atoms with van der Waals surface area (Å²) >= 11 is 3.48. The number of rotatable bonds is 1. The average Bonchev–Trinajstić information content (AvgIpc) is 2.65. The molecule has 0 unspecified atom stereocenters. The van der Waals surface area contributed by atoms with E-state index in [0.717, 1.165) is 0 Å². The van der Waals surface area contributed by atoms with Crippen LogP contribution in [0, 0.1) is 0 Å². The minimum Gasteiger partial charge on any atom is -0.353 e. The van der Waals surface area contributed by atoms with Crippen LogP contribution in [0.25, 0.3) is 0 Å². The molecule has 0 radical (unpaired) electrons. The number of carbonyl (C=O) groups excluding carboxylic acids is 1. The van der Waals surface area contributed by atoms with E-state index < -0.39 is 0 Å². The number of carbonyl (C=O) groups is 1. The van der Waals surface area contributed by atoms with Crippen molar-refractivity contribution in [3.8, 4) is 0 Å². The van der Waals surface area contributed by atoms with Crippen molar-refractivity contribution in [2.75, 3.05) is 12.3 Å². The lowest BCUT2D eigenvalue weighted by atomic mass is 10.3. The highest BCUT2D eigenvalue weighted by Crippen LogP contribution is 2.32. The van der Waals surface area contributed by atoms with Gasteiger partial charge in [-0.3, -0.25) is 4.79 Å². The van der Waals surface area contributed by atoms with Gasteiger partial charge in [-0.2, -0.15) is 0 Å². The van der Waals surface area contributed by atoms with E-state index in [2.05, 4.69) is 16.8 Å². The second kappa shape index (κ2) is 4.33. The van der Waals surface area contributed by atoms with E-state index in [-0.39, 0.29) is 11.9 Å². The molecule has 1 fully saturated rings. The maximum Gasteiger partial charge on any atom is 0.237 e. The fourth-order valence-electron chi connectivity index (χ4n) is 1.34. The van der Waals surface area contributed by atoms with Gasteiger partial charge in [0.05, 0.1) is 11.3 Å². The topological polar surface area (TPSA) is 55.1 Å². The molecule has 2 rings (SSSR count). The van der Waals surface area contributed by atoms with Gasteiger partial charge in [-0.1, -0.05) is 6.07 Å². The third kappa shape index (κ3) is 2.10. The van der Waals surface area contributed by atoms with Crippen LogP contribution in [0.15, 0.2) is 17.5 Å². The van der Waals surface area contributed by atoms with Gasteiger partial charge < -0.3 is 11.1 Å². The van der Waals surface area contributed by atoms with E-state index in [1.54, 1.807) is 23.1 Å². The summed E-state index contributed by atoms with van der Waals surface area (Å²) in [6, 6.07) is 3.78. The van der Waals surface area contributed by atoms with Crippen LogP contribution >= 0.6 is 23.1 Å². The molecule has 3 N–H and O–H groups in total. The lowest BCUT2D eigenvalue weighted by Gasteiger charge is -2.10. The Morgan fingerprint density at radius 2 is 2.43 bits per heavy atom. The molecule has 76 valence electrons. The van der Waals surface area contributed by atoms with Gasteiger partial charge in [0.2, 0.25) is 5.91 Å². The molecule has 0 aromatic carbocycles. The van der Waals surface area contributed by atoms with Crippen molar-refractivity contribution in [3.63, 3.8) is 0 Å². The predicted molar refractivity (Wildman–Crippen MR) is 60.5 cm³/mol. The zero-order valence-corrected chi connectivity index (χ0v) is 9.24. The summed E-state index contributed by atoms with van der Waals surface area (Å²) in [6.45, 7) is 0.692. The van der Waals surface area contributed by atoms with E-state index in [1.165, 1.54) is 4.88 Å². The largest absolute Gasteiger partial charge is 0.353 e. The standard InChI is InChI=1S/C9H12N2OS2/c10-6-5-14-8(4-11-9(6)12)7-2-1-3-13-7/h1-3,6,8H,4-5,10H2,(H,11,12)/t6-,8+/m1/s1. The molecule has 0 bridgehead atoms. The fraction of sp³-hybridized carbons (Fsp3) is 0.444. The summed E-state index contributed by atoms with van der Waals surface area (Å²) in [7, 11) is 0. The Morgan fingerprint density at radius 1 is 1.57 bits per heavy atom. The zero-order valence-electron chi connectivity index (χ0n) is 7.60. The molecule has 1 aliphatic heterocycles. The van der Waals surface area contributed by atoms with E-state index in [1.807, 2.05) is 6.07 Å². The Balaban J connectivity index is 2.06. The second-order valence-corrected chi connectivity index (χ2v) is 5.40. The normalized spacial score (nSPS) is 28.2. The number of thioether (sulfide) groups is 1. The molecule has 0 spiro atoms. The van der Waals surface area contributed by atoms with Gasteiger partial charge >= 0.3 is 0 Å². The molecule has 1 aromatic rings. The Kier molecular flexibility index (Phi) is 3.10. The number of nitrogens with two attached hydrogens (primary N) is 1. The molecule has 1 saturated heterocycles. The van der Waals surface area contributed by atoms with E-state index in [9.17, 15) is 4.79 Å². The number of nitrogens with one attached hydrogen (secondary N) is 1. The van der Waals surface area contributed by atoms with Crippen molar-refractivity contribution in [1.29, 1.82) is 0 Å². The van der Waals surface area contributed by atoms with Gasteiger partial charge in [0.25, 0.3) is 0 Å². The quantitative estimate of drug-likeness (QED) is 0.753. The lowest BCUT2D eigenvalue weighted by molar-refractivity contribution is -0.121. The first-order chi connectivity index (χ1) is 6.77. The Bertz CT molecular complexity index is 313. The smallest absolute Gasteiger partial charge is 0.237 e. The van der Waals surface area contributed by atoms with Gasteiger partial charge in [0.1, 0.15) is 0 Å². The van der Waals surface area contributed by atoms with Crippen molar-refractivity contribution >= 4 is 29.0 Å². The van der Waals surface area contributed by atoms with Crippen molar-refractivity contribution in [2.45, 2.75) is 11.3 Å². The molecule has 5 heteroatoms. The van der Waals surface area contributed by atoms with Crippen LogP contribution < -0.4 is 11.1 Å². The number of thiophene rings is 1. The first-order valence-corrected chi connectivity index (χ1v) is 6.38. The molecular formula is C9H12N2OS2. The third-order valence-electron chi connectivity index (χ3n) is 2.14. The first kappa shape index (κ1) is 10.0. The van der Waals surface area contributed by atoms with Crippen LogP contribution in [-0.2, 0) is 4.79 Å². The fourth-order valence-corrected chi connectivity index (χ4v) is 3.45. The summed E-state index contributed by atoms with van der Waals surface area (Å²) in [5.74, 6) is 0.672. The number of hydrogen-bond donors (Lipinski definition) is 2. The first-order valence-electron chi connectivity index (χ1n) is 4.45.